The van der Waals surface area contributed by atoms with Gasteiger partial charge < -0.3 is 4.90 Å². The van der Waals surface area contributed by atoms with Gasteiger partial charge in [-0.25, -0.2) is 4.98 Å². The monoisotopic (exact) mass is 300 g/mol. The molecule has 1 aromatic rings. The lowest BCUT2D eigenvalue weighted by molar-refractivity contribution is -0.120. The standard InChI is InChI=1S/C11H13Cl2F3N2/c1-7(2)18(6-11(14,15)16)10-4-3-8(13)9(5-12)17-10/h3-4,7H,5-6H2,1-2H3. The molecule has 1 heterocycles. The molecule has 102 valence electrons. The summed E-state index contributed by atoms with van der Waals surface area (Å²) in [6.07, 6.45) is -4.29. The zero-order chi connectivity index (χ0) is 13.9. The number of halogens is 5. The van der Waals surface area contributed by atoms with Crippen molar-refractivity contribution in [3.05, 3.63) is 22.8 Å². The molecule has 0 amide bonds. The van der Waals surface area contributed by atoms with Gasteiger partial charge in [0.15, 0.2) is 0 Å². The maximum Gasteiger partial charge on any atom is 0.405 e. The zero-order valence-electron chi connectivity index (χ0n) is 9.93. The van der Waals surface area contributed by atoms with Crippen LogP contribution in [0.2, 0.25) is 5.02 Å². The average Bonchev–Trinajstić information content (AvgIpc) is 2.25. The molecule has 0 N–H and O–H groups in total. The third kappa shape index (κ3) is 4.21. The van der Waals surface area contributed by atoms with E-state index in [1.54, 1.807) is 13.8 Å². The molecule has 0 aliphatic carbocycles. The first-order chi connectivity index (χ1) is 8.24. The summed E-state index contributed by atoms with van der Waals surface area (Å²) >= 11 is 11.5. The Balaban J connectivity index is 3.06. The maximum atomic E-state index is 12.5. The SMILES string of the molecule is CC(C)N(CC(F)(F)F)c1ccc(Cl)c(CCl)n1. The summed E-state index contributed by atoms with van der Waals surface area (Å²) in [6, 6.07) is 2.64. The molecule has 1 aromatic heterocycles. The first-order valence-corrected chi connectivity index (χ1v) is 6.20. The average molecular weight is 301 g/mol. The fourth-order valence-electron chi connectivity index (χ4n) is 1.45. The van der Waals surface area contributed by atoms with E-state index in [1.165, 1.54) is 12.1 Å². The Bertz CT molecular complexity index is 408. The fourth-order valence-corrected chi connectivity index (χ4v) is 1.89. The van der Waals surface area contributed by atoms with E-state index in [9.17, 15) is 13.2 Å². The van der Waals surface area contributed by atoms with Gasteiger partial charge in [0.2, 0.25) is 0 Å². The lowest BCUT2D eigenvalue weighted by atomic mass is 10.3. The molecule has 0 aliphatic rings. The summed E-state index contributed by atoms with van der Waals surface area (Å²) in [6.45, 7) is 2.28. The van der Waals surface area contributed by atoms with Crippen LogP contribution >= 0.6 is 23.2 Å². The summed E-state index contributed by atoms with van der Waals surface area (Å²) in [4.78, 5) is 5.22. The minimum absolute atomic E-state index is 0.0601. The number of alkyl halides is 4. The van der Waals surface area contributed by atoms with E-state index < -0.39 is 12.7 Å². The predicted octanol–water partition coefficient (Wildman–Crippen LogP) is 4.25. The predicted molar refractivity (Wildman–Crippen MR) is 67.3 cm³/mol. The Morgan fingerprint density at radius 3 is 2.39 bits per heavy atom. The van der Waals surface area contributed by atoms with Crippen LogP contribution < -0.4 is 4.90 Å². The molecular formula is C11H13Cl2F3N2. The van der Waals surface area contributed by atoms with Crippen LogP contribution in [0, 0.1) is 0 Å². The Kier molecular flexibility index (Phi) is 5.10. The third-order valence-electron chi connectivity index (χ3n) is 2.30. The van der Waals surface area contributed by atoms with Gasteiger partial charge in [0.25, 0.3) is 0 Å². The van der Waals surface area contributed by atoms with Crippen molar-refractivity contribution in [2.45, 2.75) is 31.9 Å². The molecule has 0 saturated heterocycles. The molecule has 0 bridgehead atoms. The molecule has 0 fully saturated rings. The summed E-state index contributed by atoms with van der Waals surface area (Å²) in [7, 11) is 0. The molecular weight excluding hydrogens is 288 g/mol. The number of aromatic nitrogens is 1. The number of hydrogen-bond donors (Lipinski definition) is 0. The fraction of sp³-hybridized carbons (Fsp3) is 0.545. The zero-order valence-corrected chi connectivity index (χ0v) is 11.4. The van der Waals surface area contributed by atoms with Gasteiger partial charge in [-0.1, -0.05) is 11.6 Å². The largest absolute Gasteiger partial charge is 0.405 e. The molecule has 2 nitrogen and oxygen atoms in total. The first-order valence-electron chi connectivity index (χ1n) is 5.29. The molecule has 0 saturated carbocycles. The quantitative estimate of drug-likeness (QED) is 0.773. The highest BCUT2D eigenvalue weighted by atomic mass is 35.5. The molecule has 7 heteroatoms. The Morgan fingerprint density at radius 1 is 1.33 bits per heavy atom. The van der Waals surface area contributed by atoms with E-state index in [0.717, 1.165) is 4.90 Å². The van der Waals surface area contributed by atoms with Crippen molar-refractivity contribution in [1.29, 1.82) is 0 Å². The number of rotatable bonds is 4. The number of pyridine rings is 1. The molecule has 0 radical (unpaired) electrons. The highest BCUT2D eigenvalue weighted by Crippen LogP contribution is 2.25. The minimum atomic E-state index is -4.29. The summed E-state index contributed by atoms with van der Waals surface area (Å²) in [5, 5.41) is 0.351. The second-order valence-electron chi connectivity index (χ2n) is 4.07. The highest BCUT2D eigenvalue weighted by molar-refractivity contribution is 6.32. The van der Waals surface area contributed by atoms with E-state index >= 15 is 0 Å². The molecule has 0 aromatic carbocycles. The van der Waals surface area contributed by atoms with Crippen LogP contribution in [0.15, 0.2) is 12.1 Å². The first kappa shape index (κ1) is 15.4. The lowest BCUT2D eigenvalue weighted by Crippen LogP contribution is -2.39. The number of anilines is 1. The number of nitrogens with zero attached hydrogens (tertiary/aromatic N) is 2. The van der Waals surface area contributed by atoms with E-state index in [2.05, 4.69) is 4.98 Å². The minimum Gasteiger partial charge on any atom is -0.345 e. The summed E-state index contributed by atoms with van der Waals surface area (Å²) in [5.41, 5.74) is 0.378. The van der Waals surface area contributed by atoms with E-state index in [0.29, 0.717) is 10.7 Å². The summed E-state index contributed by atoms with van der Waals surface area (Å²) in [5.74, 6) is 0.285. The van der Waals surface area contributed by atoms with Crippen molar-refractivity contribution >= 4 is 29.0 Å². The van der Waals surface area contributed by atoms with Gasteiger partial charge in [-0.2, -0.15) is 13.2 Å². The number of hydrogen-bond acceptors (Lipinski definition) is 2. The van der Waals surface area contributed by atoms with Gasteiger partial charge >= 0.3 is 6.18 Å². The second-order valence-corrected chi connectivity index (χ2v) is 4.74. The smallest absolute Gasteiger partial charge is 0.345 e. The van der Waals surface area contributed by atoms with Crippen molar-refractivity contribution in [2.75, 3.05) is 11.4 Å². The van der Waals surface area contributed by atoms with Crippen LogP contribution in [-0.2, 0) is 5.88 Å². The van der Waals surface area contributed by atoms with E-state index in [4.69, 9.17) is 23.2 Å². The van der Waals surface area contributed by atoms with Gasteiger partial charge in [-0.3, -0.25) is 0 Å². The van der Waals surface area contributed by atoms with Crippen LogP contribution in [0.1, 0.15) is 19.5 Å². The van der Waals surface area contributed by atoms with Crippen LogP contribution in [0.4, 0.5) is 19.0 Å². The Hall–Kier alpha value is -0.680. The molecule has 0 spiro atoms. The highest BCUT2D eigenvalue weighted by Gasteiger charge is 2.32. The van der Waals surface area contributed by atoms with Crippen molar-refractivity contribution in [3.8, 4) is 0 Å². The van der Waals surface area contributed by atoms with E-state index in [1.807, 2.05) is 0 Å². The van der Waals surface area contributed by atoms with Gasteiger partial charge in [-0.15, -0.1) is 11.6 Å². The molecule has 0 aliphatic heterocycles. The Morgan fingerprint density at radius 2 is 1.94 bits per heavy atom. The van der Waals surface area contributed by atoms with Crippen LogP contribution in [0.25, 0.3) is 0 Å². The maximum absolute atomic E-state index is 12.5. The van der Waals surface area contributed by atoms with E-state index in [-0.39, 0.29) is 17.7 Å². The lowest BCUT2D eigenvalue weighted by Gasteiger charge is -2.29. The van der Waals surface area contributed by atoms with Crippen molar-refractivity contribution < 1.29 is 13.2 Å². The van der Waals surface area contributed by atoms with Gasteiger partial charge in [0.05, 0.1) is 16.6 Å². The summed E-state index contributed by atoms with van der Waals surface area (Å²) < 4.78 is 37.5. The second kappa shape index (κ2) is 5.97. The van der Waals surface area contributed by atoms with Gasteiger partial charge in [0.1, 0.15) is 12.4 Å². The van der Waals surface area contributed by atoms with Crippen LogP contribution in [-0.4, -0.2) is 23.7 Å². The topological polar surface area (TPSA) is 16.1 Å². The molecule has 18 heavy (non-hydrogen) atoms. The van der Waals surface area contributed by atoms with Crippen molar-refractivity contribution in [3.63, 3.8) is 0 Å². The molecule has 1 rings (SSSR count). The molecule has 0 unspecified atom stereocenters. The normalized spacial score (nSPS) is 12.0. The van der Waals surface area contributed by atoms with Gasteiger partial charge in [-0.05, 0) is 26.0 Å². The van der Waals surface area contributed by atoms with Crippen LogP contribution in [0.5, 0.6) is 0 Å². The van der Waals surface area contributed by atoms with Crippen molar-refractivity contribution in [2.24, 2.45) is 0 Å². The van der Waals surface area contributed by atoms with Crippen molar-refractivity contribution in [1.82, 2.24) is 4.98 Å². The third-order valence-corrected chi connectivity index (χ3v) is 2.90. The van der Waals surface area contributed by atoms with Gasteiger partial charge in [0, 0.05) is 6.04 Å². The van der Waals surface area contributed by atoms with Crippen LogP contribution in [0.3, 0.4) is 0 Å². The Labute approximate surface area is 114 Å². The molecule has 0 atom stereocenters.